The van der Waals surface area contributed by atoms with E-state index >= 15 is 0 Å². The van der Waals surface area contributed by atoms with E-state index in [0.29, 0.717) is 19.4 Å². The highest BCUT2D eigenvalue weighted by Crippen LogP contribution is 2.28. The molecule has 0 aromatic heterocycles. The first-order valence-corrected chi connectivity index (χ1v) is 10.8. The summed E-state index contributed by atoms with van der Waals surface area (Å²) in [6, 6.07) is 13.2. The molecule has 1 N–H and O–H groups in total. The van der Waals surface area contributed by atoms with E-state index < -0.39 is 24.1 Å². The highest BCUT2D eigenvalue weighted by Gasteiger charge is 2.48. The normalized spacial score (nSPS) is 20.1. The molecule has 9 heteroatoms. The lowest BCUT2D eigenvalue weighted by molar-refractivity contribution is -0.134. The standard InChI is InChI=1S/C24H25F2N3O4/c1-24(13-12-16-8-10-18(11-9-16)33-22(25)26)21(31)29(23(32)27-24)15-20(30)28-14-4-6-17-5-2-3-7-19(17)28/h2-3,5,7-11,22H,4,6,12-15H2,1H3,(H,27,32)/t24-/m1/s1. The zero-order valence-corrected chi connectivity index (χ0v) is 18.2. The number of nitrogens with zero attached hydrogens (tertiary/aromatic N) is 2. The largest absolute Gasteiger partial charge is 0.435 e. The molecular weight excluding hydrogens is 432 g/mol. The van der Waals surface area contributed by atoms with Gasteiger partial charge in [-0.3, -0.25) is 14.5 Å². The number of para-hydroxylation sites is 1. The molecule has 2 aromatic carbocycles. The van der Waals surface area contributed by atoms with Crippen molar-refractivity contribution in [3.8, 4) is 5.75 Å². The van der Waals surface area contributed by atoms with Crippen LogP contribution in [0.5, 0.6) is 5.75 Å². The lowest BCUT2D eigenvalue weighted by Gasteiger charge is -2.30. The number of imide groups is 1. The number of nitrogens with one attached hydrogen (secondary N) is 1. The van der Waals surface area contributed by atoms with Crippen molar-refractivity contribution in [2.24, 2.45) is 0 Å². The average Bonchev–Trinajstić information content (AvgIpc) is 3.01. The molecule has 1 saturated heterocycles. The van der Waals surface area contributed by atoms with Gasteiger partial charge >= 0.3 is 12.6 Å². The molecule has 4 amide bonds. The molecule has 0 spiro atoms. The van der Waals surface area contributed by atoms with Crippen LogP contribution in [-0.4, -0.2) is 48.0 Å². The number of hydrogen-bond acceptors (Lipinski definition) is 4. The van der Waals surface area contributed by atoms with Gasteiger partial charge < -0.3 is 15.0 Å². The van der Waals surface area contributed by atoms with E-state index in [2.05, 4.69) is 10.1 Å². The van der Waals surface area contributed by atoms with E-state index in [1.807, 2.05) is 24.3 Å². The maximum absolute atomic E-state index is 13.1. The lowest BCUT2D eigenvalue weighted by Crippen LogP contribution is -2.47. The van der Waals surface area contributed by atoms with E-state index in [1.165, 1.54) is 12.1 Å². The zero-order valence-electron chi connectivity index (χ0n) is 18.2. The van der Waals surface area contributed by atoms with E-state index in [-0.39, 0.29) is 18.2 Å². The number of ether oxygens (including phenoxy) is 1. The Morgan fingerprint density at radius 3 is 2.61 bits per heavy atom. The van der Waals surface area contributed by atoms with Crippen molar-refractivity contribution in [2.75, 3.05) is 18.0 Å². The molecule has 0 unspecified atom stereocenters. The minimum atomic E-state index is -2.90. The molecule has 0 aliphatic carbocycles. The van der Waals surface area contributed by atoms with Crippen molar-refractivity contribution in [3.63, 3.8) is 0 Å². The van der Waals surface area contributed by atoms with Crippen LogP contribution in [0.4, 0.5) is 19.3 Å². The summed E-state index contributed by atoms with van der Waals surface area (Å²) in [4.78, 5) is 41.2. The summed E-state index contributed by atoms with van der Waals surface area (Å²) in [6.07, 6.45) is 2.43. The van der Waals surface area contributed by atoms with Gasteiger partial charge in [0.25, 0.3) is 5.91 Å². The van der Waals surface area contributed by atoms with Crippen molar-refractivity contribution in [2.45, 2.75) is 44.8 Å². The number of carbonyl (C=O) groups is 3. The molecule has 0 radical (unpaired) electrons. The number of carbonyl (C=O) groups excluding carboxylic acids is 3. The molecule has 174 valence electrons. The molecule has 2 aliphatic rings. The molecule has 0 bridgehead atoms. The Bertz CT molecular complexity index is 1060. The maximum Gasteiger partial charge on any atom is 0.387 e. The number of rotatable bonds is 7. The number of amides is 4. The van der Waals surface area contributed by atoms with E-state index in [4.69, 9.17) is 0 Å². The number of alkyl halides is 2. The van der Waals surface area contributed by atoms with Crippen LogP contribution in [0.2, 0.25) is 0 Å². The van der Waals surface area contributed by atoms with Crippen LogP contribution < -0.4 is 15.0 Å². The van der Waals surface area contributed by atoms with Gasteiger partial charge in [0.2, 0.25) is 5.91 Å². The Morgan fingerprint density at radius 1 is 1.15 bits per heavy atom. The second kappa shape index (κ2) is 9.17. The quantitative estimate of drug-likeness (QED) is 0.646. The maximum atomic E-state index is 13.1. The first-order chi connectivity index (χ1) is 15.8. The van der Waals surface area contributed by atoms with Gasteiger partial charge in [-0.2, -0.15) is 8.78 Å². The topological polar surface area (TPSA) is 79.0 Å². The van der Waals surface area contributed by atoms with Gasteiger partial charge in [-0.25, -0.2) is 4.79 Å². The molecule has 2 aromatic rings. The highest BCUT2D eigenvalue weighted by atomic mass is 19.3. The average molecular weight is 457 g/mol. The summed E-state index contributed by atoms with van der Waals surface area (Å²) in [5.41, 5.74) is 1.54. The summed E-state index contributed by atoms with van der Waals surface area (Å²) in [6.45, 7) is -1.05. The van der Waals surface area contributed by atoms with Gasteiger partial charge in [0.1, 0.15) is 17.8 Å². The fraction of sp³-hybridized carbons (Fsp3) is 0.375. The monoisotopic (exact) mass is 457 g/mol. The molecule has 33 heavy (non-hydrogen) atoms. The van der Waals surface area contributed by atoms with E-state index in [1.54, 1.807) is 24.0 Å². The van der Waals surface area contributed by atoms with Crippen molar-refractivity contribution in [1.82, 2.24) is 10.2 Å². The Hall–Kier alpha value is -3.49. The summed E-state index contributed by atoms with van der Waals surface area (Å²) >= 11 is 0. The van der Waals surface area contributed by atoms with Crippen LogP contribution in [0.1, 0.15) is 30.9 Å². The van der Waals surface area contributed by atoms with Crippen molar-refractivity contribution in [1.29, 1.82) is 0 Å². The number of urea groups is 1. The summed E-state index contributed by atoms with van der Waals surface area (Å²) in [5, 5.41) is 2.71. The second-order valence-corrected chi connectivity index (χ2v) is 8.45. The first-order valence-electron chi connectivity index (χ1n) is 10.8. The molecule has 1 atom stereocenters. The van der Waals surface area contributed by atoms with E-state index in [0.717, 1.165) is 34.6 Å². The van der Waals surface area contributed by atoms with Crippen LogP contribution in [0.3, 0.4) is 0 Å². The number of halogens is 2. The van der Waals surface area contributed by atoms with Gasteiger partial charge in [-0.1, -0.05) is 30.3 Å². The molecular formula is C24H25F2N3O4. The van der Waals surface area contributed by atoms with Crippen LogP contribution in [-0.2, 0) is 22.4 Å². The van der Waals surface area contributed by atoms with Gasteiger partial charge in [0, 0.05) is 12.2 Å². The fourth-order valence-corrected chi connectivity index (χ4v) is 4.31. The van der Waals surface area contributed by atoms with Gasteiger partial charge in [0.05, 0.1) is 0 Å². The Morgan fingerprint density at radius 2 is 1.88 bits per heavy atom. The third-order valence-electron chi connectivity index (χ3n) is 6.11. The molecule has 2 heterocycles. The third kappa shape index (κ3) is 4.81. The molecule has 2 aliphatic heterocycles. The number of anilines is 1. The first kappa shape index (κ1) is 22.7. The summed E-state index contributed by atoms with van der Waals surface area (Å²) in [7, 11) is 0. The van der Waals surface area contributed by atoms with Gasteiger partial charge in [-0.15, -0.1) is 0 Å². The second-order valence-electron chi connectivity index (χ2n) is 8.45. The Labute approximate surface area is 190 Å². The van der Waals surface area contributed by atoms with Gasteiger partial charge in [0.15, 0.2) is 0 Å². The number of fused-ring (bicyclic) bond motifs is 1. The minimum absolute atomic E-state index is 0.0502. The Balaban J connectivity index is 1.39. The van der Waals surface area contributed by atoms with Crippen LogP contribution >= 0.6 is 0 Å². The predicted octanol–water partition coefficient (Wildman–Crippen LogP) is 3.51. The molecule has 0 saturated carbocycles. The predicted molar refractivity (Wildman–Crippen MR) is 117 cm³/mol. The van der Waals surface area contributed by atoms with Crippen molar-refractivity contribution >= 4 is 23.5 Å². The number of aryl methyl sites for hydroxylation is 2. The van der Waals surface area contributed by atoms with Crippen molar-refractivity contribution < 1.29 is 27.9 Å². The SMILES string of the molecule is C[C@]1(CCc2ccc(OC(F)F)cc2)NC(=O)N(CC(=O)N2CCCc3ccccc32)C1=O. The smallest absolute Gasteiger partial charge is 0.387 e. The fourth-order valence-electron chi connectivity index (χ4n) is 4.31. The third-order valence-corrected chi connectivity index (χ3v) is 6.11. The van der Waals surface area contributed by atoms with Gasteiger partial charge in [-0.05, 0) is 61.9 Å². The molecule has 4 rings (SSSR count). The summed E-state index contributed by atoms with van der Waals surface area (Å²) < 4.78 is 28.9. The van der Waals surface area contributed by atoms with Crippen molar-refractivity contribution in [3.05, 3.63) is 59.7 Å². The van der Waals surface area contributed by atoms with Crippen LogP contribution in [0, 0.1) is 0 Å². The Kier molecular flexibility index (Phi) is 6.31. The molecule has 7 nitrogen and oxygen atoms in total. The minimum Gasteiger partial charge on any atom is -0.435 e. The molecule has 1 fully saturated rings. The highest BCUT2D eigenvalue weighted by molar-refractivity contribution is 6.10. The summed E-state index contributed by atoms with van der Waals surface area (Å²) in [5.74, 6) is -0.706. The lowest BCUT2D eigenvalue weighted by atomic mass is 9.93. The zero-order chi connectivity index (χ0) is 23.6. The van der Waals surface area contributed by atoms with E-state index in [9.17, 15) is 23.2 Å². The number of hydrogen-bond donors (Lipinski definition) is 1. The van der Waals surface area contributed by atoms with Crippen LogP contribution in [0.15, 0.2) is 48.5 Å². The number of benzene rings is 2. The van der Waals surface area contributed by atoms with Crippen LogP contribution in [0.25, 0.3) is 0 Å².